The van der Waals surface area contributed by atoms with Crippen molar-refractivity contribution in [3.8, 4) is 5.75 Å². The average molecular weight is 530 g/mol. The van der Waals surface area contributed by atoms with Gasteiger partial charge in [0.2, 0.25) is 0 Å². The highest BCUT2D eigenvalue weighted by molar-refractivity contribution is 5.78. The molecule has 1 aliphatic heterocycles. The Bertz CT molecular complexity index is 1200. The highest BCUT2D eigenvalue weighted by atomic mass is 16.5. The number of para-hydroxylation sites is 1. The van der Waals surface area contributed by atoms with Crippen LogP contribution in [0.4, 0.5) is 4.79 Å². The van der Waals surface area contributed by atoms with Gasteiger partial charge in [-0.1, -0.05) is 78.9 Å². The molecule has 3 N–H and O–H groups in total. The molecule has 0 aromatic heterocycles. The first-order chi connectivity index (χ1) is 18.9. The lowest BCUT2D eigenvalue weighted by molar-refractivity contribution is -0.124. The van der Waals surface area contributed by atoms with Crippen LogP contribution in [0.2, 0.25) is 0 Å². The van der Waals surface area contributed by atoms with Gasteiger partial charge in [0.1, 0.15) is 5.75 Å². The predicted molar refractivity (Wildman–Crippen MR) is 153 cm³/mol. The molecule has 3 aromatic carbocycles. The average Bonchev–Trinajstić information content (AvgIpc) is 2.93. The molecule has 3 amide bonds. The van der Waals surface area contributed by atoms with Crippen molar-refractivity contribution in [3.63, 3.8) is 0 Å². The number of nitrogens with one attached hydrogen (secondary N) is 2. The zero-order chi connectivity index (χ0) is 27.6. The monoisotopic (exact) mass is 529 g/mol. The zero-order valence-electron chi connectivity index (χ0n) is 22.8. The fourth-order valence-corrected chi connectivity index (χ4v) is 5.21. The third-order valence-electron chi connectivity index (χ3n) is 7.25. The van der Waals surface area contributed by atoms with Gasteiger partial charge in [-0.15, -0.1) is 0 Å². The smallest absolute Gasteiger partial charge is 0.317 e. The maximum absolute atomic E-state index is 13.1. The van der Waals surface area contributed by atoms with Gasteiger partial charge in [0.05, 0.1) is 12.1 Å². The Balaban J connectivity index is 1.49. The summed E-state index contributed by atoms with van der Waals surface area (Å²) in [5.74, 6) is 0.403. The van der Waals surface area contributed by atoms with Crippen LogP contribution in [0.15, 0.2) is 78.9 Å². The second-order valence-electron chi connectivity index (χ2n) is 10.3. The van der Waals surface area contributed by atoms with Crippen molar-refractivity contribution >= 4 is 11.9 Å². The Morgan fingerprint density at radius 2 is 1.56 bits per heavy atom. The first-order valence-corrected chi connectivity index (χ1v) is 13.7. The summed E-state index contributed by atoms with van der Waals surface area (Å²) in [5, 5.41) is 17.5. The zero-order valence-corrected chi connectivity index (χ0v) is 22.8. The quantitative estimate of drug-likeness (QED) is 0.328. The normalized spacial score (nSPS) is 15.7. The minimum atomic E-state index is -0.877. The number of carbonyl (C=O) groups is 2. The SMILES string of the molecule is Cc1cccc(C)c1OCC(=O)N[C@H](Cc1ccccc1)[C@H](O)C[C@H](Cc1ccccc1)N1CCCNC1=O. The number of hydrogen-bond donors (Lipinski definition) is 3. The van der Waals surface area contributed by atoms with E-state index >= 15 is 0 Å². The maximum atomic E-state index is 13.1. The van der Waals surface area contributed by atoms with Crippen LogP contribution in [0.1, 0.15) is 35.1 Å². The van der Waals surface area contributed by atoms with E-state index < -0.39 is 12.1 Å². The standard InChI is InChI=1S/C32H39N3O4/c1-23-11-9-12-24(2)31(23)39-22-30(37)34-28(20-26-15-7-4-8-16-26)29(36)21-27(19-25-13-5-3-6-14-25)35-18-10-17-33-32(35)38/h3-9,11-16,27-29,36H,10,17-22H2,1-2H3,(H,33,38)(H,34,37)/t27-,28+,29+/m0/s1. The molecule has 206 valence electrons. The van der Waals surface area contributed by atoms with Crippen molar-refractivity contribution in [3.05, 3.63) is 101 Å². The Kier molecular flexibility index (Phi) is 9.97. The van der Waals surface area contributed by atoms with Crippen LogP contribution in [0.5, 0.6) is 5.75 Å². The summed E-state index contributed by atoms with van der Waals surface area (Å²) in [6.07, 6.45) is 1.39. The topological polar surface area (TPSA) is 90.9 Å². The van der Waals surface area contributed by atoms with Crippen LogP contribution in [-0.4, -0.2) is 59.8 Å². The van der Waals surface area contributed by atoms with Gasteiger partial charge < -0.3 is 25.4 Å². The summed E-state index contributed by atoms with van der Waals surface area (Å²) in [7, 11) is 0. The lowest BCUT2D eigenvalue weighted by Gasteiger charge is -2.37. The molecule has 0 bridgehead atoms. The largest absolute Gasteiger partial charge is 0.483 e. The molecule has 1 fully saturated rings. The molecule has 3 aromatic rings. The summed E-state index contributed by atoms with van der Waals surface area (Å²) in [6.45, 7) is 5.04. The number of rotatable bonds is 12. The highest BCUT2D eigenvalue weighted by Crippen LogP contribution is 2.23. The van der Waals surface area contributed by atoms with E-state index in [9.17, 15) is 14.7 Å². The molecule has 0 radical (unpaired) electrons. The Morgan fingerprint density at radius 3 is 2.18 bits per heavy atom. The lowest BCUT2D eigenvalue weighted by Crippen LogP contribution is -2.54. The fraction of sp³-hybridized carbons (Fsp3) is 0.375. The van der Waals surface area contributed by atoms with Gasteiger partial charge in [-0.25, -0.2) is 4.79 Å². The number of urea groups is 1. The van der Waals surface area contributed by atoms with E-state index in [1.807, 2.05) is 97.6 Å². The molecule has 7 heteroatoms. The molecule has 0 spiro atoms. The summed E-state index contributed by atoms with van der Waals surface area (Å²) in [4.78, 5) is 27.6. The van der Waals surface area contributed by atoms with Crippen molar-refractivity contribution in [1.29, 1.82) is 0 Å². The minimum Gasteiger partial charge on any atom is -0.483 e. The maximum Gasteiger partial charge on any atom is 0.317 e. The number of hydrogen-bond acceptors (Lipinski definition) is 4. The van der Waals surface area contributed by atoms with Crippen LogP contribution < -0.4 is 15.4 Å². The number of nitrogens with zero attached hydrogens (tertiary/aromatic N) is 1. The lowest BCUT2D eigenvalue weighted by atomic mass is 9.92. The van der Waals surface area contributed by atoms with E-state index in [1.165, 1.54) is 0 Å². The van der Waals surface area contributed by atoms with Crippen LogP contribution >= 0.6 is 0 Å². The van der Waals surface area contributed by atoms with Crippen molar-refractivity contribution in [2.45, 2.75) is 57.7 Å². The molecule has 0 saturated carbocycles. The minimum absolute atomic E-state index is 0.111. The number of aryl methyl sites for hydroxylation is 2. The summed E-state index contributed by atoms with van der Waals surface area (Å²) < 4.78 is 5.87. The number of amides is 3. The van der Waals surface area contributed by atoms with Crippen molar-refractivity contribution in [1.82, 2.24) is 15.5 Å². The second-order valence-corrected chi connectivity index (χ2v) is 10.3. The first-order valence-electron chi connectivity index (χ1n) is 13.7. The van der Waals surface area contributed by atoms with Gasteiger partial charge in [0.25, 0.3) is 5.91 Å². The number of aliphatic hydroxyl groups is 1. The third-order valence-corrected chi connectivity index (χ3v) is 7.25. The van der Waals surface area contributed by atoms with E-state index in [4.69, 9.17) is 4.74 Å². The molecule has 1 saturated heterocycles. The van der Waals surface area contributed by atoms with E-state index in [1.54, 1.807) is 0 Å². The van der Waals surface area contributed by atoms with E-state index in [-0.39, 0.29) is 24.6 Å². The predicted octanol–water partition coefficient (Wildman–Crippen LogP) is 4.19. The molecular weight excluding hydrogens is 490 g/mol. The van der Waals surface area contributed by atoms with Gasteiger partial charge in [-0.3, -0.25) is 4.79 Å². The van der Waals surface area contributed by atoms with Crippen LogP contribution in [0.25, 0.3) is 0 Å². The summed E-state index contributed by atoms with van der Waals surface area (Å²) in [6, 6.07) is 24.8. The summed E-state index contributed by atoms with van der Waals surface area (Å²) >= 11 is 0. The second kappa shape index (κ2) is 13.8. The van der Waals surface area contributed by atoms with Crippen molar-refractivity contribution in [2.24, 2.45) is 0 Å². The van der Waals surface area contributed by atoms with E-state index in [2.05, 4.69) is 10.6 Å². The molecular formula is C32H39N3O4. The molecule has 4 rings (SSSR count). The number of aliphatic hydroxyl groups excluding tert-OH is 1. The Labute approximate surface area is 231 Å². The third kappa shape index (κ3) is 8.07. The van der Waals surface area contributed by atoms with Crippen molar-refractivity contribution in [2.75, 3.05) is 19.7 Å². The van der Waals surface area contributed by atoms with Crippen molar-refractivity contribution < 1.29 is 19.4 Å². The van der Waals surface area contributed by atoms with E-state index in [0.717, 1.165) is 28.7 Å². The molecule has 39 heavy (non-hydrogen) atoms. The van der Waals surface area contributed by atoms with Gasteiger partial charge in [-0.2, -0.15) is 0 Å². The Hall–Kier alpha value is -3.84. The van der Waals surface area contributed by atoms with Gasteiger partial charge in [-0.05, 0) is 61.8 Å². The number of carbonyl (C=O) groups excluding carboxylic acids is 2. The Morgan fingerprint density at radius 1 is 0.949 bits per heavy atom. The fourth-order valence-electron chi connectivity index (χ4n) is 5.21. The highest BCUT2D eigenvalue weighted by Gasteiger charge is 2.31. The van der Waals surface area contributed by atoms with Gasteiger partial charge >= 0.3 is 6.03 Å². The molecule has 1 heterocycles. The molecule has 3 atom stereocenters. The molecule has 1 aliphatic rings. The first kappa shape index (κ1) is 28.2. The van der Waals surface area contributed by atoms with Gasteiger partial charge in [0.15, 0.2) is 6.61 Å². The molecule has 0 unspecified atom stereocenters. The summed E-state index contributed by atoms with van der Waals surface area (Å²) in [5.41, 5.74) is 4.03. The van der Waals surface area contributed by atoms with Crippen LogP contribution in [-0.2, 0) is 17.6 Å². The van der Waals surface area contributed by atoms with Gasteiger partial charge in [0, 0.05) is 19.1 Å². The van der Waals surface area contributed by atoms with Crippen LogP contribution in [0.3, 0.4) is 0 Å². The molecule has 0 aliphatic carbocycles. The molecule has 7 nitrogen and oxygen atoms in total. The van der Waals surface area contributed by atoms with E-state index in [0.29, 0.717) is 38.1 Å². The van der Waals surface area contributed by atoms with Crippen LogP contribution in [0, 0.1) is 13.8 Å². The number of benzene rings is 3. The number of ether oxygens (including phenoxy) is 1.